The van der Waals surface area contributed by atoms with Gasteiger partial charge in [-0.25, -0.2) is 0 Å². The second kappa shape index (κ2) is 4.13. The molecule has 4 nitrogen and oxygen atoms in total. The topological polar surface area (TPSA) is 54.9 Å². The Hall–Kier alpha value is -1.23. The zero-order valence-electron chi connectivity index (χ0n) is 7.63. The maximum atomic E-state index is 11.4. The molecule has 13 heavy (non-hydrogen) atoms. The molecule has 0 radical (unpaired) electrons. The van der Waals surface area contributed by atoms with Gasteiger partial charge in [0.2, 0.25) is 0 Å². The van der Waals surface area contributed by atoms with Gasteiger partial charge in [0.25, 0.3) is 5.91 Å². The molecule has 0 saturated carbocycles. The van der Waals surface area contributed by atoms with Crippen LogP contribution in [0.4, 0.5) is 0 Å². The highest BCUT2D eigenvalue weighted by Gasteiger charge is 2.11. The van der Waals surface area contributed by atoms with Gasteiger partial charge in [-0.15, -0.1) is 5.10 Å². The minimum atomic E-state index is -0.129. The van der Waals surface area contributed by atoms with Crippen molar-refractivity contribution in [2.24, 2.45) is 0 Å². The van der Waals surface area contributed by atoms with Crippen LogP contribution in [0.3, 0.4) is 0 Å². The minimum absolute atomic E-state index is 0.129. The summed E-state index contributed by atoms with van der Waals surface area (Å²) in [6, 6.07) is 0. The van der Waals surface area contributed by atoms with Crippen LogP contribution in [0.5, 0.6) is 0 Å². The Balaban J connectivity index is 2.59. The number of nitrogens with one attached hydrogen (secondary N) is 1. The van der Waals surface area contributed by atoms with Crippen molar-refractivity contribution in [3.05, 3.63) is 22.7 Å². The summed E-state index contributed by atoms with van der Waals surface area (Å²) in [7, 11) is 0. The van der Waals surface area contributed by atoms with E-state index in [-0.39, 0.29) is 5.91 Å². The Kier molecular flexibility index (Phi) is 3.13. The average molecular weight is 197 g/mol. The molecule has 0 aliphatic carbocycles. The highest BCUT2D eigenvalue weighted by molar-refractivity contribution is 7.07. The molecular weight excluding hydrogens is 186 g/mol. The van der Waals surface area contributed by atoms with Crippen molar-refractivity contribution in [3.8, 4) is 0 Å². The molecule has 0 atom stereocenters. The SMILES string of the molecule is C=C(C)CNC(=O)c1snnc1C. The molecule has 0 aliphatic rings. The summed E-state index contributed by atoms with van der Waals surface area (Å²) >= 11 is 1.11. The third-order valence-electron chi connectivity index (χ3n) is 1.41. The van der Waals surface area contributed by atoms with Crippen LogP contribution in [-0.2, 0) is 0 Å². The summed E-state index contributed by atoms with van der Waals surface area (Å²) in [6.07, 6.45) is 0. The molecule has 1 heterocycles. The number of aromatic nitrogens is 2. The molecule has 0 unspecified atom stereocenters. The second-order valence-corrected chi connectivity index (χ2v) is 3.58. The smallest absolute Gasteiger partial charge is 0.265 e. The molecule has 0 saturated heterocycles. The van der Waals surface area contributed by atoms with Crippen molar-refractivity contribution >= 4 is 17.4 Å². The maximum Gasteiger partial charge on any atom is 0.265 e. The fraction of sp³-hybridized carbons (Fsp3) is 0.375. The summed E-state index contributed by atoms with van der Waals surface area (Å²) in [5.41, 5.74) is 1.59. The van der Waals surface area contributed by atoms with Gasteiger partial charge in [0, 0.05) is 6.54 Å². The standard InChI is InChI=1S/C8H11N3OS/c1-5(2)4-9-8(12)7-6(3)10-11-13-7/h1,4H2,2-3H3,(H,9,12). The van der Waals surface area contributed by atoms with Crippen LogP contribution < -0.4 is 5.32 Å². The van der Waals surface area contributed by atoms with Gasteiger partial charge in [-0.2, -0.15) is 0 Å². The minimum Gasteiger partial charge on any atom is -0.348 e. The van der Waals surface area contributed by atoms with Crippen LogP contribution in [0.2, 0.25) is 0 Å². The number of carbonyl (C=O) groups excluding carboxylic acids is 1. The van der Waals surface area contributed by atoms with Crippen LogP contribution in [0.1, 0.15) is 22.3 Å². The molecule has 1 N–H and O–H groups in total. The van der Waals surface area contributed by atoms with Gasteiger partial charge in [-0.3, -0.25) is 4.79 Å². The normalized spacial score (nSPS) is 9.69. The monoisotopic (exact) mass is 197 g/mol. The van der Waals surface area contributed by atoms with E-state index in [1.165, 1.54) is 0 Å². The average Bonchev–Trinajstić information content (AvgIpc) is 2.47. The summed E-state index contributed by atoms with van der Waals surface area (Å²) in [5.74, 6) is -0.129. The van der Waals surface area contributed by atoms with Gasteiger partial charge in [-0.05, 0) is 25.4 Å². The lowest BCUT2D eigenvalue weighted by atomic mass is 10.3. The number of hydrogen-bond acceptors (Lipinski definition) is 4. The molecule has 0 bridgehead atoms. The van der Waals surface area contributed by atoms with E-state index in [2.05, 4.69) is 21.5 Å². The predicted molar refractivity (Wildman–Crippen MR) is 51.8 cm³/mol. The van der Waals surface area contributed by atoms with Gasteiger partial charge in [-0.1, -0.05) is 16.6 Å². The number of amides is 1. The molecule has 1 amide bonds. The Morgan fingerprint density at radius 1 is 1.69 bits per heavy atom. The van der Waals surface area contributed by atoms with E-state index in [9.17, 15) is 4.79 Å². The molecule has 1 aromatic rings. The molecule has 5 heteroatoms. The third kappa shape index (κ3) is 2.62. The van der Waals surface area contributed by atoms with Gasteiger partial charge in [0.1, 0.15) is 4.88 Å². The highest BCUT2D eigenvalue weighted by atomic mass is 32.1. The number of carbonyl (C=O) groups is 1. The fourth-order valence-corrected chi connectivity index (χ4v) is 1.32. The van der Waals surface area contributed by atoms with Crippen molar-refractivity contribution in [1.29, 1.82) is 0 Å². The molecule has 0 spiro atoms. The number of aryl methyl sites for hydroxylation is 1. The van der Waals surface area contributed by atoms with Gasteiger partial charge in [0.15, 0.2) is 0 Å². The van der Waals surface area contributed by atoms with E-state index < -0.39 is 0 Å². The molecule has 70 valence electrons. The first-order valence-electron chi connectivity index (χ1n) is 3.83. The molecule has 1 rings (SSSR count). The fourth-order valence-electron chi connectivity index (χ4n) is 0.751. The second-order valence-electron chi connectivity index (χ2n) is 2.83. The van der Waals surface area contributed by atoms with Crippen LogP contribution in [-0.4, -0.2) is 22.0 Å². The van der Waals surface area contributed by atoms with Gasteiger partial charge in [0.05, 0.1) is 5.69 Å². The van der Waals surface area contributed by atoms with Gasteiger partial charge >= 0.3 is 0 Å². The molecule has 0 fully saturated rings. The molecule has 0 aliphatic heterocycles. The van der Waals surface area contributed by atoms with Crippen LogP contribution in [0, 0.1) is 6.92 Å². The summed E-state index contributed by atoms with van der Waals surface area (Å²) < 4.78 is 3.68. The van der Waals surface area contributed by atoms with E-state index in [1.54, 1.807) is 6.92 Å². The van der Waals surface area contributed by atoms with E-state index in [4.69, 9.17) is 0 Å². The predicted octanol–water partition coefficient (Wildman–Crippen LogP) is 1.15. The Morgan fingerprint density at radius 3 is 2.85 bits per heavy atom. The number of rotatable bonds is 3. The van der Waals surface area contributed by atoms with E-state index >= 15 is 0 Å². The highest BCUT2D eigenvalue weighted by Crippen LogP contribution is 2.08. The quantitative estimate of drug-likeness (QED) is 0.739. The van der Waals surface area contributed by atoms with Crippen LogP contribution >= 0.6 is 11.5 Å². The molecular formula is C8H11N3OS. The van der Waals surface area contributed by atoms with Crippen LogP contribution in [0.15, 0.2) is 12.2 Å². The Bertz CT molecular complexity index is 332. The lowest BCUT2D eigenvalue weighted by Gasteiger charge is -2.01. The van der Waals surface area contributed by atoms with Crippen LogP contribution in [0.25, 0.3) is 0 Å². The summed E-state index contributed by atoms with van der Waals surface area (Å²) in [4.78, 5) is 12.0. The van der Waals surface area contributed by atoms with E-state index in [1.807, 2.05) is 6.92 Å². The number of hydrogen-bond donors (Lipinski definition) is 1. The van der Waals surface area contributed by atoms with Crippen molar-refractivity contribution in [3.63, 3.8) is 0 Å². The third-order valence-corrected chi connectivity index (χ3v) is 2.24. The van der Waals surface area contributed by atoms with Crippen molar-refractivity contribution < 1.29 is 4.79 Å². The van der Waals surface area contributed by atoms with Crippen molar-refractivity contribution in [2.45, 2.75) is 13.8 Å². The Morgan fingerprint density at radius 2 is 2.38 bits per heavy atom. The summed E-state index contributed by atoms with van der Waals surface area (Å²) in [5, 5.41) is 6.47. The van der Waals surface area contributed by atoms with E-state index in [0.29, 0.717) is 17.1 Å². The molecule has 1 aromatic heterocycles. The number of nitrogens with zero attached hydrogens (tertiary/aromatic N) is 2. The zero-order valence-corrected chi connectivity index (χ0v) is 8.44. The summed E-state index contributed by atoms with van der Waals surface area (Å²) in [6.45, 7) is 7.81. The largest absolute Gasteiger partial charge is 0.348 e. The van der Waals surface area contributed by atoms with Gasteiger partial charge < -0.3 is 5.32 Å². The Labute approximate surface area is 80.8 Å². The van der Waals surface area contributed by atoms with Crippen molar-refractivity contribution in [2.75, 3.05) is 6.54 Å². The lowest BCUT2D eigenvalue weighted by Crippen LogP contribution is -2.24. The lowest BCUT2D eigenvalue weighted by molar-refractivity contribution is 0.0960. The molecule has 0 aromatic carbocycles. The van der Waals surface area contributed by atoms with E-state index in [0.717, 1.165) is 17.1 Å². The first-order chi connectivity index (χ1) is 6.11. The van der Waals surface area contributed by atoms with Crippen molar-refractivity contribution in [1.82, 2.24) is 14.9 Å². The first-order valence-corrected chi connectivity index (χ1v) is 4.60. The maximum absolute atomic E-state index is 11.4. The zero-order chi connectivity index (χ0) is 9.84. The first kappa shape index (κ1) is 9.85.